The fourth-order valence-electron chi connectivity index (χ4n) is 4.02. The first-order valence-electron chi connectivity index (χ1n) is 9.74. The quantitative estimate of drug-likeness (QED) is 0.754. The predicted octanol–water partition coefficient (Wildman–Crippen LogP) is 3.33. The van der Waals surface area contributed by atoms with Gasteiger partial charge in [0.05, 0.1) is 11.6 Å². The third-order valence-corrected chi connectivity index (χ3v) is 5.34. The Kier molecular flexibility index (Phi) is 5.03. The number of aliphatic hydroxyl groups excluding tert-OH is 1. The smallest absolute Gasteiger partial charge is 0.132 e. The Morgan fingerprint density at radius 2 is 2.00 bits per heavy atom. The molecule has 2 aromatic heterocycles. The highest BCUT2D eigenvalue weighted by molar-refractivity contribution is 5.81. The summed E-state index contributed by atoms with van der Waals surface area (Å²) < 4.78 is 0. The molecule has 4 rings (SSSR count). The lowest BCUT2D eigenvalue weighted by Gasteiger charge is -2.18. The van der Waals surface area contributed by atoms with Crippen LogP contribution >= 0.6 is 0 Å². The van der Waals surface area contributed by atoms with E-state index in [4.69, 9.17) is 0 Å². The number of pyridine rings is 1. The molecular weight excluding hydrogens is 336 g/mol. The molecule has 0 radical (unpaired) electrons. The van der Waals surface area contributed by atoms with E-state index in [-0.39, 0.29) is 12.0 Å². The van der Waals surface area contributed by atoms with Crippen molar-refractivity contribution >= 4 is 16.7 Å². The van der Waals surface area contributed by atoms with Crippen molar-refractivity contribution in [3.63, 3.8) is 0 Å². The summed E-state index contributed by atoms with van der Waals surface area (Å²) in [5.74, 6) is 1.92. The number of para-hydroxylation sites is 1. The number of aryl methyl sites for hydroxylation is 2. The van der Waals surface area contributed by atoms with Crippen LogP contribution < -0.4 is 4.90 Å². The molecule has 27 heavy (non-hydrogen) atoms. The molecule has 1 aromatic carbocycles. The first-order valence-corrected chi connectivity index (χ1v) is 9.74. The van der Waals surface area contributed by atoms with Crippen molar-refractivity contribution in [1.82, 2.24) is 15.0 Å². The van der Waals surface area contributed by atoms with Crippen LogP contribution in [0.5, 0.6) is 0 Å². The molecule has 3 aromatic rings. The molecule has 0 saturated carbocycles. The van der Waals surface area contributed by atoms with E-state index in [1.54, 1.807) is 0 Å². The number of β-amino-alcohol motifs (C(OH)–C–C–N with tert-alkyl or cyclic N) is 1. The van der Waals surface area contributed by atoms with Gasteiger partial charge in [0.2, 0.25) is 0 Å². The number of rotatable bonds is 5. The average Bonchev–Trinajstić information content (AvgIpc) is 3.03. The van der Waals surface area contributed by atoms with E-state index >= 15 is 0 Å². The van der Waals surface area contributed by atoms with E-state index in [0.717, 1.165) is 48.7 Å². The van der Waals surface area contributed by atoms with Gasteiger partial charge in [-0.1, -0.05) is 31.5 Å². The Labute approximate surface area is 160 Å². The third kappa shape index (κ3) is 3.78. The summed E-state index contributed by atoms with van der Waals surface area (Å²) in [7, 11) is 0. The number of hydrogen-bond acceptors (Lipinski definition) is 5. The minimum Gasteiger partial charge on any atom is -0.391 e. The first-order chi connectivity index (χ1) is 13.1. The molecule has 3 heterocycles. The van der Waals surface area contributed by atoms with Crippen molar-refractivity contribution in [3.05, 3.63) is 59.7 Å². The lowest BCUT2D eigenvalue weighted by atomic mass is 9.94. The van der Waals surface area contributed by atoms with Crippen LogP contribution in [0.1, 0.15) is 30.4 Å². The van der Waals surface area contributed by atoms with Gasteiger partial charge in [-0.2, -0.15) is 0 Å². The van der Waals surface area contributed by atoms with Gasteiger partial charge in [-0.15, -0.1) is 0 Å². The van der Waals surface area contributed by atoms with Crippen LogP contribution in [0.25, 0.3) is 10.9 Å². The van der Waals surface area contributed by atoms with E-state index in [9.17, 15) is 5.11 Å². The highest BCUT2D eigenvalue weighted by Gasteiger charge is 2.32. The van der Waals surface area contributed by atoms with Gasteiger partial charge in [0.1, 0.15) is 11.6 Å². The standard InChI is InChI=1S/C22H26N4O/c1-3-6-18-12-22(25-15(2)24-18)26-13-17(21(27)14-26)11-16-9-10-23-20-8-5-4-7-19(16)20/h4-5,7-10,12,17,21,27H,3,6,11,13-14H2,1-2H3/t17-,21+/m1/s1. The molecule has 1 fully saturated rings. The van der Waals surface area contributed by atoms with E-state index in [0.29, 0.717) is 6.54 Å². The molecule has 2 atom stereocenters. The summed E-state index contributed by atoms with van der Waals surface area (Å²) in [5, 5.41) is 11.9. The molecule has 1 saturated heterocycles. The summed E-state index contributed by atoms with van der Waals surface area (Å²) in [6, 6.07) is 12.4. The molecule has 0 spiro atoms. The summed E-state index contributed by atoms with van der Waals surface area (Å²) in [6.07, 6.45) is 4.37. The number of aliphatic hydroxyl groups is 1. The predicted molar refractivity (Wildman–Crippen MR) is 108 cm³/mol. The van der Waals surface area contributed by atoms with Gasteiger partial charge in [0, 0.05) is 42.4 Å². The highest BCUT2D eigenvalue weighted by Crippen LogP contribution is 2.28. The Morgan fingerprint density at radius 3 is 2.85 bits per heavy atom. The zero-order chi connectivity index (χ0) is 18.8. The fourth-order valence-corrected chi connectivity index (χ4v) is 4.02. The van der Waals surface area contributed by atoms with Gasteiger partial charge < -0.3 is 10.0 Å². The molecule has 0 aliphatic carbocycles. The Balaban J connectivity index is 1.55. The minimum atomic E-state index is -0.359. The van der Waals surface area contributed by atoms with Crippen LogP contribution in [0.2, 0.25) is 0 Å². The first kappa shape index (κ1) is 17.9. The second-order valence-corrected chi connectivity index (χ2v) is 7.44. The lowest BCUT2D eigenvalue weighted by Crippen LogP contribution is -2.23. The van der Waals surface area contributed by atoms with Crippen LogP contribution in [0.15, 0.2) is 42.6 Å². The second-order valence-electron chi connectivity index (χ2n) is 7.44. The molecule has 0 unspecified atom stereocenters. The molecular formula is C22H26N4O. The molecule has 1 N–H and O–H groups in total. The van der Waals surface area contributed by atoms with Gasteiger partial charge >= 0.3 is 0 Å². The summed E-state index contributed by atoms with van der Waals surface area (Å²) in [5.41, 5.74) is 3.34. The van der Waals surface area contributed by atoms with Crippen LogP contribution in [-0.2, 0) is 12.8 Å². The van der Waals surface area contributed by atoms with E-state index in [1.165, 1.54) is 10.9 Å². The minimum absolute atomic E-state index is 0.181. The number of hydrogen-bond donors (Lipinski definition) is 1. The van der Waals surface area contributed by atoms with Gasteiger partial charge in [0.15, 0.2) is 0 Å². The zero-order valence-electron chi connectivity index (χ0n) is 16.0. The average molecular weight is 362 g/mol. The summed E-state index contributed by atoms with van der Waals surface area (Å²) >= 11 is 0. The number of benzene rings is 1. The molecule has 140 valence electrons. The monoisotopic (exact) mass is 362 g/mol. The van der Waals surface area contributed by atoms with E-state index < -0.39 is 0 Å². The molecule has 1 aliphatic rings. The second kappa shape index (κ2) is 7.61. The molecule has 1 aliphatic heterocycles. The largest absolute Gasteiger partial charge is 0.391 e. The normalized spacial score (nSPS) is 19.7. The maximum Gasteiger partial charge on any atom is 0.132 e. The molecule has 5 nitrogen and oxygen atoms in total. The lowest BCUT2D eigenvalue weighted by molar-refractivity contribution is 0.148. The fraction of sp³-hybridized carbons (Fsp3) is 0.409. The van der Waals surface area contributed by atoms with Gasteiger partial charge in [-0.05, 0) is 37.5 Å². The highest BCUT2D eigenvalue weighted by atomic mass is 16.3. The van der Waals surface area contributed by atoms with Crippen LogP contribution in [0.3, 0.4) is 0 Å². The zero-order valence-corrected chi connectivity index (χ0v) is 16.0. The summed E-state index contributed by atoms with van der Waals surface area (Å²) in [4.78, 5) is 15.8. The number of nitrogens with zero attached hydrogens (tertiary/aromatic N) is 4. The number of anilines is 1. The third-order valence-electron chi connectivity index (χ3n) is 5.34. The Hall–Kier alpha value is -2.53. The van der Waals surface area contributed by atoms with E-state index in [1.807, 2.05) is 31.3 Å². The van der Waals surface area contributed by atoms with Crippen molar-refractivity contribution in [1.29, 1.82) is 0 Å². The molecule has 0 amide bonds. The SMILES string of the molecule is CCCc1cc(N2C[C@@H](Cc3ccnc4ccccc34)[C@@H](O)C2)nc(C)n1. The van der Waals surface area contributed by atoms with Crippen molar-refractivity contribution in [3.8, 4) is 0 Å². The maximum atomic E-state index is 10.7. The Morgan fingerprint density at radius 1 is 1.15 bits per heavy atom. The number of fused-ring (bicyclic) bond motifs is 1. The number of aromatic nitrogens is 3. The van der Waals surface area contributed by atoms with Crippen molar-refractivity contribution in [2.75, 3.05) is 18.0 Å². The summed E-state index contributed by atoms with van der Waals surface area (Å²) in [6.45, 7) is 5.52. The maximum absolute atomic E-state index is 10.7. The van der Waals surface area contributed by atoms with Crippen LogP contribution in [0, 0.1) is 12.8 Å². The Bertz CT molecular complexity index is 937. The van der Waals surface area contributed by atoms with Crippen molar-refractivity contribution in [2.45, 2.75) is 39.2 Å². The van der Waals surface area contributed by atoms with Crippen LogP contribution in [0.4, 0.5) is 5.82 Å². The van der Waals surface area contributed by atoms with Gasteiger partial charge in [-0.3, -0.25) is 4.98 Å². The van der Waals surface area contributed by atoms with Gasteiger partial charge in [-0.25, -0.2) is 9.97 Å². The molecule has 5 heteroatoms. The molecule has 0 bridgehead atoms. The van der Waals surface area contributed by atoms with Crippen molar-refractivity contribution in [2.24, 2.45) is 5.92 Å². The van der Waals surface area contributed by atoms with E-state index in [2.05, 4.69) is 45.0 Å². The van der Waals surface area contributed by atoms with Crippen LogP contribution in [-0.4, -0.2) is 39.3 Å². The van der Waals surface area contributed by atoms with Gasteiger partial charge in [0.25, 0.3) is 0 Å². The van der Waals surface area contributed by atoms with Crippen molar-refractivity contribution < 1.29 is 5.11 Å². The topological polar surface area (TPSA) is 62.1 Å².